The van der Waals surface area contributed by atoms with E-state index in [1.165, 1.54) is 0 Å². The van der Waals surface area contributed by atoms with Crippen molar-refractivity contribution >= 4 is 11.9 Å². The molecule has 1 atom stereocenters. The number of nitrogens with one attached hydrogen (secondary N) is 1. The molecular formula is C17H25N3O4. The molecule has 1 aromatic carbocycles. The monoisotopic (exact) mass is 335 g/mol. The highest BCUT2D eigenvalue weighted by molar-refractivity contribution is 5.85. The zero-order valence-corrected chi connectivity index (χ0v) is 14.7. The molecule has 1 aliphatic heterocycles. The Hall–Kier alpha value is -2.44. The average molecular weight is 335 g/mol. The minimum Gasteiger partial charge on any atom is -0.497 e. The number of nitrogens with zero attached hydrogens (tertiary/aromatic N) is 2. The minimum absolute atomic E-state index is 0.0198. The van der Waals surface area contributed by atoms with E-state index < -0.39 is 0 Å². The first kappa shape index (κ1) is 17.9. The maximum Gasteiger partial charge on any atom is 0.318 e. The van der Waals surface area contributed by atoms with Gasteiger partial charge >= 0.3 is 6.03 Å². The molecule has 1 fully saturated rings. The quantitative estimate of drug-likeness (QED) is 0.888. The first-order valence-electron chi connectivity index (χ1n) is 8.05. The summed E-state index contributed by atoms with van der Waals surface area (Å²) in [6.45, 7) is 5.72. The summed E-state index contributed by atoms with van der Waals surface area (Å²) in [5.41, 5.74) is 0.852. The predicted molar refractivity (Wildman–Crippen MR) is 90.3 cm³/mol. The summed E-state index contributed by atoms with van der Waals surface area (Å²) in [7, 11) is 3.17. The van der Waals surface area contributed by atoms with Crippen molar-refractivity contribution in [1.82, 2.24) is 15.1 Å². The van der Waals surface area contributed by atoms with Crippen molar-refractivity contribution in [2.75, 3.05) is 40.4 Å². The molecule has 1 N–H and O–H groups in total. The van der Waals surface area contributed by atoms with Gasteiger partial charge in [0.15, 0.2) is 0 Å². The van der Waals surface area contributed by atoms with E-state index in [1.54, 1.807) is 30.1 Å². The van der Waals surface area contributed by atoms with Gasteiger partial charge in [-0.3, -0.25) is 4.79 Å². The number of carbonyl (C=O) groups is 2. The van der Waals surface area contributed by atoms with E-state index in [-0.39, 0.29) is 24.5 Å². The van der Waals surface area contributed by atoms with E-state index in [0.717, 1.165) is 5.56 Å². The molecule has 0 bridgehead atoms. The fourth-order valence-corrected chi connectivity index (χ4v) is 2.75. The summed E-state index contributed by atoms with van der Waals surface area (Å²) < 4.78 is 10.6. The number of hydrogen-bond donors (Lipinski definition) is 1. The SMILES string of the molecule is CCN1CCN(C(=O)N[C@H](C)c2ccc(OC)cc2OC)CC1=O. The van der Waals surface area contributed by atoms with Gasteiger partial charge in [-0.05, 0) is 26.0 Å². The molecule has 0 spiro atoms. The summed E-state index contributed by atoms with van der Waals surface area (Å²) in [6, 6.07) is 4.97. The Morgan fingerprint density at radius 3 is 2.62 bits per heavy atom. The second-order valence-corrected chi connectivity index (χ2v) is 5.67. The van der Waals surface area contributed by atoms with Crippen LogP contribution in [-0.4, -0.2) is 62.1 Å². The molecule has 1 saturated heterocycles. The van der Waals surface area contributed by atoms with Gasteiger partial charge in [-0.1, -0.05) is 0 Å². The Morgan fingerprint density at radius 2 is 2.04 bits per heavy atom. The van der Waals surface area contributed by atoms with Gasteiger partial charge < -0.3 is 24.6 Å². The average Bonchev–Trinajstić information content (AvgIpc) is 2.60. The Labute approximate surface area is 142 Å². The predicted octanol–water partition coefficient (Wildman–Crippen LogP) is 1.64. The summed E-state index contributed by atoms with van der Waals surface area (Å²) in [5, 5.41) is 2.93. The highest BCUT2D eigenvalue weighted by Crippen LogP contribution is 2.29. The molecular weight excluding hydrogens is 310 g/mol. The number of amides is 3. The van der Waals surface area contributed by atoms with Crippen molar-refractivity contribution in [1.29, 1.82) is 0 Å². The van der Waals surface area contributed by atoms with Crippen LogP contribution >= 0.6 is 0 Å². The Balaban J connectivity index is 2.03. The molecule has 1 aromatic rings. The second kappa shape index (κ2) is 7.90. The number of benzene rings is 1. The van der Waals surface area contributed by atoms with Crippen molar-refractivity contribution < 1.29 is 19.1 Å². The summed E-state index contributed by atoms with van der Waals surface area (Å²) >= 11 is 0. The lowest BCUT2D eigenvalue weighted by Crippen LogP contribution is -2.54. The first-order chi connectivity index (χ1) is 11.5. The van der Waals surface area contributed by atoms with Gasteiger partial charge in [0.05, 0.1) is 20.3 Å². The van der Waals surface area contributed by atoms with Crippen molar-refractivity contribution in [3.05, 3.63) is 23.8 Å². The lowest BCUT2D eigenvalue weighted by molar-refractivity contribution is -0.134. The molecule has 3 amide bonds. The fraction of sp³-hybridized carbons (Fsp3) is 0.529. The number of ether oxygens (including phenoxy) is 2. The maximum absolute atomic E-state index is 12.4. The number of carbonyl (C=O) groups excluding carboxylic acids is 2. The van der Waals surface area contributed by atoms with Gasteiger partial charge in [0, 0.05) is 31.3 Å². The molecule has 7 nitrogen and oxygen atoms in total. The van der Waals surface area contributed by atoms with E-state index in [9.17, 15) is 9.59 Å². The maximum atomic E-state index is 12.4. The number of hydrogen-bond acceptors (Lipinski definition) is 4. The van der Waals surface area contributed by atoms with Crippen LogP contribution in [0.4, 0.5) is 4.79 Å². The zero-order valence-electron chi connectivity index (χ0n) is 14.7. The molecule has 7 heteroatoms. The van der Waals surface area contributed by atoms with E-state index >= 15 is 0 Å². The minimum atomic E-state index is -0.252. The van der Waals surface area contributed by atoms with Crippen molar-refractivity contribution in [3.8, 4) is 11.5 Å². The normalized spacial score (nSPS) is 15.9. The summed E-state index contributed by atoms with van der Waals surface area (Å²) in [5.74, 6) is 1.32. The van der Waals surface area contributed by atoms with Crippen LogP contribution in [0.25, 0.3) is 0 Å². The fourth-order valence-electron chi connectivity index (χ4n) is 2.75. The number of rotatable bonds is 5. The van der Waals surface area contributed by atoms with Crippen LogP contribution in [0.5, 0.6) is 11.5 Å². The number of likely N-dealkylation sites (N-methyl/N-ethyl adjacent to an activating group) is 1. The number of urea groups is 1. The standard InChI is InChI=1S/C17H25N3O4/c1-5-19-8-9-20(11-16(19)21)17(22)18-12(2)14-7-6-13(23-3)10-15(14)24-4/h6-7,10,12H,5,8-9,11H2,1-4H3,(H,18,22)/t12-/m1/s1. The molecule has 0 unspecified atom stereocenters. The van der Waals surface area contributed by atoms with Gasteiger partial charge in [-0.2, -0.15) is 0 Å². The van der Waals surface area contributed by atoms with Crippen LogP contribution in [0, 0.1) is 0 Å². The third-order valence-electron chi connectivity index (χ3n) is 4.23. The van der Waals surface area contributed by atoms with Crippen LogP contribution in [0.3, 0.4) is 0 Å². The van der Waals surface area contributed by atoms with Crippen molar-refractivity contribution in [2.24, 2.45) is 0 Å². The van der Waals surface area contributed by atoms with Crippen LogP contribution in [0.2, 0.25) is 0 Å². The molecule has 24 heavy (non-hydrogen) atoms. The summed E-state index contributed by atoms with van der Waals surface area (Å²) in [6.07, 6.45) is 0. The van der Waals surface area contributed by atoms with Gasteiger partial charge in [0.2, 0.25) is 5.91 Å². The van der Waals surface area contributed by atoms with Crippen LogP contribution in [-0.2, 0) is 4.79 Å². The molecule has 0 aliphatic carbocycles. The topological polar surface area (TPSA) is 71.1 Å². The highest BCUT2D eigenvalue weighted by atomic mass is 16.5. The molecule has 0 radical (unpaired) electrons. The molecule has 1 heterocycles. The van der Waals surface area contributed by atoms with E-state index in [0.29, 0.717) is 31.1 Å². The van der Waals surface area contributed by atoms with Gasteiger partial charge in [-0.25, -0.2) is 4.79 Å². The summed E-state index contributed by atoms with van der Waals surface area (Å²) in [4.78, 5) is 27.7. The third kappa shape index (κ3) is 3.90. The molecule has 2 rings (SSSR count). The van der Waals surface area contributed by atoms with Crippen molar-refractivity contribution in [3.63, 3.8) is 0 Å². The molecule has 0 saturated carbocycles. The molecule has 132 valence electrons. The van der Waals surface area contributed by atoms with Crippen LogP contribution in [0.15, 0.2) is 18.2 Å². The lowest BCUT2D eigenvalue weighted by atomic mass is 10.1. The van der Waals surface area contributed by atoms with Gasteiger partial charge in [0.25, 0.3) is 0 Å². The Bertz CT molecular complexity index is 605. The molecule has 1 aliphatic rings. The van der Waals surface area contributed by atoms with E-state index in [1.807, 2.05) is 26.0 Å². The second-order valence-electron chi connectivity index (χ2n) is 5.67. The van der Waals surface area contributed by atoms with Crippen molar-refractivity contribution in [2.45, 2.75) is 19.9 Å². The Morgan fingerprint density at radius 1 is 1.29 bits per heavy atom. The number of piperazine rings is 1. The van der Waals surface area contributed by atoms with E-state index in [4.69, 9.17) is 9.47 Å². The van der Waals surface area contributed by atoms with Gasteiger partial charge in [0.1, 0.15) is 18.0 Å². The number of methoxy groups -OCH3 is 2. The highest BCUT2D eigenvalue weighted by Gasteiger charge is 2.27. The molecule has 0 aromatic heterocycles. The van der Waals surface area contributed by atoms with E-state index in [2.05, 4.69) is 5.32 Å². The van der Waals surface area contributed by atoms with Gasteiger partial charge in [-0.15, -0.1) is 0 Å². The van der Waals surface area contributed by atoms with Crippen LogP contribution in [0.1, 0.15) is 25.5 Å². The zero-order chi connectivity index (χ0) is 17.7. The third-order valence-corrected chi connectivity index (χ3v) is 4.23. The van der Waals surface area contributed by atoms with Crippen LogP contribution < -0.4 is 14.8 Å². The largest absolute Gasteiger partial charge is 0.497 e. The first-order valence-corrected chi connectivity index (χ1v) is 8.05. The smallest absolute Gasteiger partial charge is 0.318 e. The lowest BCUT2D eigenvalue weighted by Gasteiger charge is -2.34. The Kier molecular flexibility index (Phi) is 5.89.